The van der Waals surface area contributed by atoms with Gasteiger partial charge in [0.2, 0.25) is 5.91 Å². The first-order valence-corrected chi connectivity index (χ1v) is 3.98. The largest absolute Gasteiger partial charge is 0.858 e. The Labute approximate surface area is 86.6 Å². The van der Waals surface area contributed by atoms with Crippen molar-refractivity contribution < 1.29 is 9.90 Å². The van der Waals surface area contributed by atoms with Crippen LogP contribution in [0.5, 0.6) is 0 Å². The molecule has 0 atom stereocenters. The second kappa shape index (κ2) is 5.18. The molecular weight excluding hydrogens is 204 g/mol. The van der Waals surface area contributed by atoms with E-state index in [2.05, 4.69) is 17.6 Å². The molecule has 0 spiro atoms. The summed E-state index contributed by atoms with van der Waals surface area (Å²) in [5, 5.41) is 17.8. The number of nitrogens with zero attached hydrogens (tertiary/aromatic N) is 1. The zero-order valence-electron chi connectivity index (χ0n) is 7.53. The lowest BCUT2D eigenvalue weighted by molar-refractivity contribution is -0.212. The highest BCUT2D eigenvalue weighted by Gasteiger charge is 2.05. The van der Waals surface area contributed by atoms with Gasteiger partial charge in [-0.3, -0.25) is 4.79 Å². The predicted octanol–water partition coefficient (Wildman–Crippen LogP) is -2.01. The molecule has 0 aliphatic heterocycles. The molecule has 0 saturated heterocycles. The summed E-state index contributed by atoms with van der Waals surface area (Å²) in [7, 11) is 1.25. The molecular formula is C7H10N4O2S-2. The van der Waals surface area contributed by atoms with E-state index < -0.39 is 16.8 Å². The SMILES string of the molecule is CN=C([O-])C(C(=N)[S-])=C(N)CC(N)=O. The highest BCUT2D eigenvalue weighted by atomic mass is 32.1. The van der Waals surface area contributed by atoms with Crippen molar-refractivity contribution in [3.63, 3.8) is 0 Å². The highest BCUT2D eigenvalue weighted by molar-refractivity contribution is 7.78. The Morgan fingerprint density at radius 3 is 2.36 bits per heavy atom. The van der Waals surface area contributed by atoms with E-state index >= 15 is 0 Å². The Hall–Kier alpha value is -1.63. The molecule has 5 N–H and O–H groups in total. The van der Waals surface area contributed by atoms with E-state index in [1.807, 2.05) is 0 Å². The van der Waals surface area contributed by atoms with Crippen LogP contribution in [0.25, 0.3) is 0 Å². The summed E-state index contributed by atoms with van der Waals surface area (Å²) in [5.41, 5.74) is 9.91. The van der Waals surface area contributed by atoms with Gasteiger partial charge in [0.1, 0.15) is 0 Å². The van der Waals surface area contributed by atoms with Crippen molar-refractivity contribution in [2.45, 2.75) is 6.42 Å². The van der Waals surface area contributed by atoms with Gasteiger partial charge >= 0.3 is 0 Å². The normalized spacial score (nSPS) is 13.4. The summed E-state index contributed by atoms with van der Waals surface area (Å²) in [6.45, 7) is 0. The highest BCUT2D eigenvalue weighted by Crippen LogP contribution is 2.04. The third-order valence-corrected chi connectivity index (χ3v) is 1.53. The molecule has 7 heteroatoms. The van der Waals surface area contributed by atoms with Crippen molar-refractivity contribution in [2.24, 2.45) is 16.5 Å². The molecule has 78 valence electrons. The molecule has 0 unspecified atom stereocenters. The summed E-state index contributed by atoms with van der Waals surface area (Å²) in [5.74, 6) is -1.41. The summed E-state index contributed by atoms with van der Waals surface area (Å²) in [6, 6.07) is 0. The molecule has 0 aliphatic carbocycles. The maximum Gasteiger partial charge on any atom is 0.223 e. The lowest BCUT2D eigenvalue weighted by Crippen LogP contribution is -2.29. The number of carbonyl (C=O) groups excluding carboxylic acids is 1. The van der Waals surface area contributed by atoms with Crippen LogP contribution < -0.4 is 16.6 Å². The van der Waals surface area contributed by atoms with E-state index in [-0.39, 0.29) is 17.7 Å². The molecule has 0 rings (SSSR count). The number of carbonyl (C=O) groups is 1. The third kappa shape index (κ3) is 3.40. The number of primary amides is 1. The summed E-state index contributed by atoms with van der Waals surface area (Å²) in [4.78, 5) is 13.8. The molecule has 0 radical (unpaired) electrons. The van der Waals surface area contributed by atoms with E-state index in [4.69, 9.17) is 16.9 Å². The van der Waals surface area contributed by atoms with E-state index in [1.54, 1.807) is 0 Å². The van der Waals surface area contributed by atoms with Crippen molar-refractivity contribution >= 4 is 29.5 Å². The van der Waals surface area contributed by atoms with Gasteiger partial charge in [-0.1, -0.05) is 5.04 Å². The van der Waals surface area contributed by atoms with Crippen molar-refractivity contribution in [3.8, 4) is 0 Å². The maximum absolute atomic E-state index is 11.1. The molecule has 1 amide bonds. The molecule has 6 nitrogen and oxygen atoms in total. The molecule has 0 aliphatic rings. The monoisotopic (exact) mass is 214 g/mol. The number of aliphatic imine (C=N–C) groups is 1. The second-order valence-corrected chi connectivity index (χ2v) is 2.81. The molecule has 0 aromatic rings. The van der Waals surface area contributed by atoms with Crippen molar-refractivity contribution in [1.82, 2.24) is 0 Å². The van der Waals surface area contributed by atoms with Gasteiger partial charge in [0.15, 0.2) is 0 Å². The number of rotatable bonds is 4. The van der Waals surface area contributed by atoms with E-state index in [0.29, 0.717) is 0 Å². The van der Waals surface area contributed by atoms with Gasteiger partial charge in [-0.15, -0.1) is 0 Å². The molecule has 0 aromatic carbocycles. The van der Waals surface area contributed by atoms with Gasteiger partial charge < -0.3 is 39.6 Å². The van der Waals surface area contributed by atoms with Crippen molar-refractivity contribution in [1.29, 1.82) is 5.41 Å². The van der Waals surface area contributed by atoms with Crippen LogP contribution in [-0.2, 0) is 17.4 Å². The van der Waals surface area contributed by atoms with Gasteiger partial charge in [-0.2, -0.15) is 0 Å². The van der Waals surface area contributed by atoms with Crippen LogP contribution in [0, 0.1) is 5.41 Å². The first-order valence-electron chi connectivity index (χ1n) is 3.57. The van der Waals surface area contributed by atoms with Crippen LogP contribution in [0.2, 0.25) is 0 Å². The van der Waals surface area contributed by atoms with Crippen LogP contribution in [0.4, 0.5) is 0 Å². The molecule has 0 fully saturated rings. The first-order chi connectivity index (χ1) is 6.40. The van der Waals surface area contributed by atoms with Gasteiger partial charge in [-0.25, -0.2) is 0 Å². The Bertz CT molecular complexity index is 322. The first kappa shape index (κ1) is 12.4. The van der Waals surface area contributed by atoms with Crippen LogP contribution in [0.3, 0.4) is 0 Å². The minimum Gasteiger partial charge on any atom is -0.858 e. The fourth-order valence-electron chi connectivity index (χ4n) is 0.768. The van der Waals surface area contributed by atoms with Crippen LogP contribution in [0.1, 0.15) is 6.42 Å². The number of nitrogens with one attached hydrogen (secondary N) is 1. The van der Waals surface area contributed by atoms with Gasteiger partial charge in [-0.05, 0) is 5.90 Å². The molecule has 14 heavy (non-hydrogen) atoms. The van der Waals surface area contributed by atoms with E-state index in [1.165, 1.54) is 7.05 Å². The maximum atomic E-state index is 11.1. The average Bonchev–Trinajstić information content (AvgIpc) is 2.01. The standard InChI is InChI=1S/C7H12N4O2S/c1-11-7(13)5(6(10)14)3(8)2-4(9)12/h2,8H2,1H3,(H2,9,12)(H2,10,14)(H,11,13)/p-2. The van der Waals surface area contributed by atoms with Gasteiger partial charge in [0, 0.05) is 18.3 Å². The smallest absolute Gasteiger partial charge is 0.223 e. The van der Waals surface area contributed by atoms with Gasteiger partial charge in [0.05, 0.1) is 6.42 Å². The van der Waals surface area contributed by atoms with Crippen LogP contribution in [0.15, 0.2) is 16.3 Å². The van der Waals surface area contributed by atoms with Crippen LogP contribution in [-0.4, -0.2) is 23.9 Å². The summed E-state index contributed by atoms with van der Waals surface area (Å²) < 4.78 is 0. The fourth-order valence-corrected chi connectivity index (χ4v) is 0.987. The van der Waals surface area contributed by atoms with Crippen molar-refractivity contribution in [3.05, 3.63) is 11.3 Å². The van der Waals surface area contributed by atoms with Crippen molar-refractivity contribution in [2.75, 3.05) is 7.05 Å². The predicted molar refractivity (Wildman–Crippen MR) is 53.5 cm³/mol. The number of hydrogen-bond donors (Lipinski definition) is 3. The Morgan fingerprint density at radius 2 is 2.07 bits per heavy atom. The molecule has 0 heterocycles. The second-order valence-electron chi connectivity index (χ2n) is 2.40. The lowest BCUT2D eigenvalue weighted by Gasteiger charge is -2.21. The summed E-state index contributed by atoms with van der Waals surface area (Å²) in [6.07, 6.45) is -0.310. The minimum atomic E-state index is -0.719. The Kier molecular flexibility index (Phi) is 4.57. The van der Waals surface area contributed by atoms with Gasteiger partial charge in [0.25, 0.3) is 0 Å². The molecule has 0 bridgehead atoms. The third-order valence-electron chi connectivity index (χ3n) is 1.33. The summed E-state index contributed by atoms with van der Waals surface area (Å²) >= 11 is 4.48. The Balaban J connectivity index is 5.16. The molecule has 0 aromatic heterocycles. The van der Waals surface area contributed by atoms with E-state index in [9.17, 15) is 9.90 Å². The fraction of sp³-hybridized carbons (Fsp3) is 0.286. The number of hydrogen-bond acceptors (Lipinski definition) is 6. The lowest BCUT2D eigenvalue weighted by atomic mass is 10.1. The zero-order valence-corrected chi connectivity index (χ0v) is 8.35. The zero-order chi connectivity index (χ0) is 11.3. The quantitative estimate of drug-likeness (QED) is 0.283. The average molecular weight is 214 g/mol. The topological polar surface area (TPSA) is 128 Å². The van der Waals surface area contributed by atoms with E-state index in [0.717, 1.165) is 0 Å². The van der Waals surface area contributed by atoms with Crippen LogP contribution >= 0.6 is 0 Å². The number of nitrogens with two attached hydrogens (primary N) is 2. The minimum absolute atomic E-state index is 0.117. The number of amides is 1. The Morgan fingerprint density at radius 1 is 1.57 bits per heavy atom. The molecule has 0 saturated carbocycles.